The molecule has 0 unspecified atom stereocenters. The van der Waals surface area contributed by atoms with Crippen LogP contribution in [0.2, 0.25) is 0 Å². The minimum Gasteiger partial charge on any atom is -0.497 e. The van der Waals surface area contributed by atoms with Crippen LogP contribution in [0.15, 0.2) is 78.9 Å². The van der Waals surface area contributed by atoms with Gasteiger partial charge in [0, 0.05) is 16.7 Å². The van der Waals surface area contributed by atoms with E-state index in [2.05, 4.69) is 10.7 Å². The van der Waals surface area contributed by atoms with Gasteiger partial charge in [-0.15, -0.1) is 10.1 Å². The molecule has 0 aromatic heterocycles. The van der Waals surface area contributed by atoms with Crippen molar-refractivity contribution in [3.8, 4) is 5.75 Å². The number of hydrogen-bond acceptors (Lipinski definition) is 3. The van der Waals surface area contributed by atoms with Crippen LogP contribution in [0.3, 0.4) is 0 Å². The number of nitrogens with zero attached hydrogens (tertiary/aromatic N) is 1. The molecule has 3 aromatic carbocycles. The number of nitrogens with one attached hydrogen (secondary N) is 2. The van der Waals surface area contributed by atoms with Crippen LogP contribution in [0, 0.1) is 5.82 Å². The largest absolute Gasteiger partial charge is 0.497 e. The van der Waals surface area contributed by atoms with Crippen LogP contribution in [0.4, 0.5) is 4.39 Å². The topological polar surface area (TPSA) is 70.4 Å². The zero-order chi connectivity index (χ0) is 21.8. The molecule has 0 spiro atoms. The monoisotopic (exact) mass is 418 g/mol. The van der Waals surface area contributed by atoms with Gasteiger partial charge in [-0.1, -0.05) is 30.3 Å². The molecule has 1 heterocycles. The molecule has 156 valence electrons. The number of hydrazone groups is 1. The van der Waals surface area contributed by atoms with Gasteiger partial charge in [-0.3, -0.25) is 9.59 Å². The standard InChI is InChI=1S/C24H20FN3O3/c1-31-20-13-7-16(8-14-20)15-28-22(17-5-3-2-4-6-17)21(24(30)27-28)26-23(29)18-9-11-19(25)12-10-18/h2-15,21-22H,1H3,(H-,26,27,29,30)/p+1/b28-15-/t21-,22+/m1/s1. The van der Waals surface area contributed by atoms with E-state index in [4.69, 9.17) is 4.74 Å². The van der Waals surface area contributed by atoms with Crippen molar-refractivity contribution in [1.82, 2.24) is 10.7 Å². The fourth-order valence-corrected chi connectivity index (χ4v) is 3.51. The minimum atomic E-state index is -0.838. The first-order valence-electron chi connectivity index (χ1n) is 9.74. The Hall–Kier alpha value is -4.00. The summed E-state index contributed by atoms with van der Waals surface area (Å²) in [6.07, 6.45) is 1.80. The predicted octanol–water partition coefficient (Wildman–Crippen LogP) is 2.85. The zero-order valence-corrected chi connectivity index (χ0v) is 16.8. The Balaban J connectivity index is 1.66. The van der Waals surface area contributed by atoms with Crippen molar-refractivity contribution in [2.24, 2.45) is 0 Å². The van der Waals surface area contributed by atoms with Gasteiger partial charge in [0.25, 0.3) is 5.91 Å². The quantitative estimate of drug-likeness (QED) is 0.626. The molecule has 1 fully saturated rings. The van der Waals surface area contributed by atoms with Crippen molar-refractivity contribution in [2.45, 2.75) is 12.1 Å². The summed E-state index contributed by atoms with van der Waals surface area (Å²) < 4.78 is 20.1. The Morgan fingerprint density at radius 2 is 1.71 bits per heavy atom. The third-order valence-electron chi connectivity index (χ3n) is 5.08. The molecule has 0 saturated carbocycles. The van der Waals surface area contributed by atoms with Crippen molar-refractivity contribution >= 4 is 18.0 Å². The van der Waals surface area contributed by atoms with E-state index in [1.54, 1.807) is 18.0 Å². The van der Waals surface area contributed by atoms with E-state index in [1.807, 2.05) is 54.6 Å². The maximum Gasteiger partial charge on any atom is 0.304 e. The third kappa shape index (κ3) is 4.45. The normalized spacial score (nSPS) is 19.2. The molecule has 2 atom stereocenters. The number of carbonyl (C=O) groups is 2. The molecule has 0 radical (unpaired) electrons. The van der Waals surface area contributed by atoms with Gasteiger partial charge in [-0.2, -0.15) is 0 Å². The first-order valence-corrected chi connectivity index (χ1v) is 9.74. The highest BCUT2D eigenvalue weighted by Crippen LogP contribution is 2.25. The molecule has 3 aromatic rings. The molecule has 6 nitrogen and oxygen atoms in total. The lowest BCUT2D eigenvalue weighted by atomic mass is 10.00. The fraction of sp³-hybridized carbons (Fsp3) is 0.125. The smallest absolute Gasteiger partial charge is 0.304 e. The summed E-state index contributed by atoms with van der Waals surface area (Å²) in [4.78, 5) is 25.5. The Morgan fingerprint density at radius 1 is 1.03 bits per heavy atom. The maximum absolute atomic E-state index is 13.2. The van der Waals surface area contributed by atoms with Gasteiger partial charge in [-0.25, -0.2) is 4.39 Å². The summed E-state index contributed by atoms with van der Waals surface area (Å²) in [5.41, 5.74) is 4.82. The molecular weight excluding hydrogens is 397 g/mol. The van der Waals surface area contributed by atoms with E-state index in [0.29, 0.717) is 0 Å². The van der Waals surface area contributed by atoms with E-state index in [0.717, 1.165) is 16.9 Å². The maximum atomic E-state index is 13.2. The molecule has 1 aliphatic heterocycles. The number of methoxy groups -OCH3 is 1. The Morgan fingerprint density at radius 3 is 2.35 bits per heavy atom. The van der Waals surface area contributed by atoms with Crippen LogP contribution < -0.4 is 15.5 Å². The molecule has 7 heteroatoms. The second-order valence-corrected chi connectivity index (χ2v) is 7.10. The number of benzene rings is 3. The highest BCUT2D eigenvalue weighted by atomic mass is 19.1. The average molecular weight is 418 g/mol. The second kappa shape index (κ2) is 8.79. The van der Waals surface area contributed by atoms with Gasteiger partial charge in [0.05, 0.1) is 7.11 Å². The number of hydrogen-bond donors (Lipinski definition) is 2. The summed E-state index contributed by atoms with van der Waals surface area (Å²) in [6.45, 7) is 0. The van der Waals surface area contributed by atoms with E-state index in [1.165, 1.54) is 24.3 Å². The average Bonchev–Trinajstić information content (AvgIpc) is 3.09. The molecular formula is C24H21FN3O3+. The summed E-state index contributed by atoms with van der Waals surface area (Å²) in [5.74, 6) is -0.495. The Labute approximate surface area is 179 Å². The number of hydrazine groups is 1. The molecule has 0 aliphatic carbocycles. The molecule has 1 saturated heterocycles. The Kier molecular flexibility index (Phi) is 5.75. The van der Waals surface area contributed by atoms with Gasteiger partial charge in [0.15, 0.2) is 6.04 Å². The lowest BCUT2D eigenvalue weighted by Crippen LogP contribution is -2.42. The van der Waals surface area contributed by atoms with Crippen molar-refractivity contribution < 1.29 is 23.4 Å². The van der Waals surface area contributed by atoms with Gasteiger partial charge < -0.3 is 10.1 Å². The molecule has 2 amide bonds. The minimum absolute atomic E-state index is 0.276. The number of amides is 2. The van der Waals surface area contributed by atoms with Crippen LogP contribution in [0.5, 0.6) is 5.75 Å². The van der Waals surface area contributed by atoms with Crippen molar-refractivity contribution in [3.63, 3.8) is 0 Å². The van der Waals surface area contributed by atoms with Gasteiger partial charge in [-0.05, 0) is 48.5 Å². The van der Waals surface area contributed by atoms with Crippen LogP contribution in [0.25, 0.3) is 0 Å². The number of rotatable bonds is 5. The summed E-state index contributed by atoms with van der Waals surface area (Å²) in [7, 11) is 1.60. The zero-order valence-electron chi connectivity index (χ0n) is 16.8. The van der Waals surface area contributed by atoms with Gasteiger partial charge in [0.1, 0.15) is 11.6 Å². The number of halogens is 1. The van der Waals surface area contributed by atoms with E-state index in [9.17, 15) is 14.0 Å². The van der Waals surface area contributed by atoms with Crippen molar-refractivity contribution in [2.75, 3.05) is 7.11 Å². The summed E-state index contributed by atoms with van der Waals surface area (Å²) in [5, 5.41) is 2.79. The molecule has 0 bridgehead atoms. The van der Waals surface area contributed by atoms with E-state index < -0.39 is 23.8 Å². The Bertz CT molecular complexity index is 1110. The summed E-state index contributed by atoms with van der Waals surface area (Å²) >= 11 is 0. The van der Waals surface area contributed by atoms with Crippen molar-refractivity contribution in [1.29, 1.82) is 0 Å². The van der Waals surface area contributed by atoms with Gasteiger partial charge >= 0.3 is 5.91 Å². The van der Waals surface area contributed by atoms with Crippen LogP contribution in [0.1, 0.15) is 27.5 Å². The van der Waals surface area contributed by atoms with Crippen molar-refractivity contribution in [3.05, 3.63) is 101 Å². The fourth-order valence-electron chi connectivity index (χ4n) is 3.51. The third-order valence-corrected chi connectivity index (χ3v) is 5.08. The van der Waals surface area contributed by atoms with E-state index in [-0.39, 0.29) is 11.5 Å². The van der Waals surface area contributed by atoms with Crippen LogP contribution in [-0.2, 0) is 4.79 Å². The lowest BCUT2D eigenvalue weighted by molar-refractivity contribution is -0.596. The molecule has 1 aliphatic rings. The summed E-state index contributed by atoms with van der Waals surface area (Å²) in [6, 6.07) is 20.7. The van der Waals surface area contributed by atoms with E-state index >= 15 is 0 Å². The SMILES string of the molecule is COc1ccc(/C=[N+]2\NC(=O)[C@H](NC(=O)c3ccc(F)cc3)[C@@H]2c2ccccc2)cc1. The first kappa shape index (κ1) is 20.3. The predicted molar refractivity (Wildman–Crippen MR) is 113 cm³/mol. The number of carbonyl (C=O) groups excluding carboxylic acids is 2. The molecule has 31 heavy (non-hydrogen) atoms. The second-order valence-electron chi connectivity index (χ2n) is 7.10. The lowest BCUT2D eigenvalue weighted by Gasteiger charge is -2.14. The molecule has 4 rings (SSSR count). The first-order chi connectivity index (χ1) is 15.0. The van der Waals surface area contributed by atoms with Gasteiger partial charge in [0.2, 0.25) is 12.3 Å². The van der Waals surface area contributed by atoms with Crippen LogP contribution >= 0.6 is 0 Å². The highest BCUT2D eigenvalue weighted by Gasteiger charge is 2.47. The number of ether oxygens (including phenoxy) is 1. The highest BCUT2D eigenvalue weighted by molar-refractivity contribution is 5.98. The van der Waals surface area contributed by atoms with Crippen LogP contribution in [-0.4, -0.2) is 35.9 Å². The molecule has 2 N–H and O–H groups in total.